The van der Waals surface area contributed by atoms with Crippen LogP contribution < -0.4 is 5.32 Å². The minimum atomic E-state index is -0.800. The molecule has 1 saturated heterocycles. The number of nitrogens with zero attached hydrogens (tertiary/aromatic N) is 2. The number of carboxylic acid groups (broad SMARTS) is 1. The van der Waals surface area contributed by atoms with Crippen LogP contribution in [0.3, 0.4) is 0 Å². The molecule has 0 radical (unpaired) electrons. The molecule has 116 valence electrons. The van der Waals surface area contributed by atoms with Gasteiger partial charge in [-0.15, -0.1) is 11.3 Å². The fraction of sp³-hybridized carbons (Fsp3) is 0.571. The molecule has 0 saturated carbocycles. The fourth-order valence-electron chi connectivity index (χ4n) is 2.40. The summed E-state index contributed by atoms with van der Waals surface area (Å²) in [4.78, 5) is 27.8. The Kier molecular flexibility index (Phi) is 5.72. The number of carbonyl (C=O) groups is 2. The zero-order chi connectivity index (χ0) is 15.2. The maximum Gasteiger partial charge on any atom is 0.317 e. The van der Waals surface area contributed by atoms with Crippen molar-refractivity contribution in [1.29, 1.82) is 0 Å². The molecule has 1 atom stereocenters. The van der Waals surface area contributed by atoms with E-state index in [1.165, 1.54) is 0 Å². The molecule has 2 N–H and O–H groups in total. The summed E-state index contributed by atoms with van der Waals surface area (Å²) < 4.78 is 0. The summed E-state index contributed by atoms with van der Waals surface area (Å²) in [5, 5.41) is 13.7. The number of thiophene rings is 1. The van der Waals surface area contributed by atoms with Crippen molar-refractivity contribution < 1.29 is 14.7 Å². The van der Waals surface area contributed by atoms with Crippen LogP contribution in [-0.4, -0.2) is 66.1 Å². The molecule has 1 aromatic rings. The van der Waals surface area contributed by atoms with Crippen molar-refractivity contribution in [3.63, 3.8) is 0 Å². The van der Waals surface area contributed by atoms with Crippen molar-refractivity contribution in [2.75, 3.05) is 39.3 Å². The van der Waals surface area contributed by atoms with E-state index in [9.17, 15) is 9.59 Å². The van der Waals surface area contributed by atoms with Crippen molar-refractivity contribution >= 4 is 23.2 Å². The van der Waals surface area contributed by atoms with E-state index in [0.29, 0.717) is 19.6 Å². The van der Waals surface area contributed by atoms with Gasteiger partial charge in [-0.25, -0.2) is 0 Å². The van der Waals surface area contributed by atoms with Crippen molar-refractivity contribution in [2.24, 2.45) is 0 Å². The second-order valence-corrected chi connectivity index (χ2v) is 6.23. The van der Waals surface area contributed by atoms with Crippen molar-refractivity contribution in [3.8, 4) is 0 Å². The van der Waals surface area contributed by atoms with Gasteiger partial charge in [0.25, 0.3) is 0 Å². The highest BCUT2D eigenvalue weighted by atomic mass is 32.1. The van der Waals surface area contributed by atoms with Crippen LogP contribution in [0.25, 0.3) is 0 Å². The predicted molar refractivity (Wildman–Crippen MR) is 81.4 cm³/mol. The SMILES string of the molecule is CC(NC(=O)CN1CCN(CC(=O)O)CC1)c1cccs1. The molecule has 2 rings (SSSR count). The Bertz CT molecular complexity index is 470. The lowest BCUT2D eigenvalue weighted by molar-refractivity contribution is -0.139. The van der Waals surface area contributed by atoms with Gasteiger partial charge in [0.05, 0.1) is 19.1 Å². The normalized spacial score (nSPS) is 18.3. The Morgan fingerprint density at radius 3 is 2.43 bits per heavy atom. The van der Waals surface area contributed by atoms with Gasteiger partial charge in [-0.3, -0.25) is 19.4 Å². The van der Waals surface area contributed by atoms with Gasteiger partial charge in [0.2, 0.25) is 5.91 Å². The number of hydrogen-bond acceptors (Lipinski definition) is 5. The minimum absolute atomic E-state index is 0.0163. The number of carboxylic acids is 1. The maximum atomic E-state index is 12.0. The van der Waals surface area contributed by atoms with Gasteiger partial charge in [0.1, 0.15) is 0 Å². The fourth-order valence-corrected chi connectivity index (χ4v) is 3.13. The highest BCUT2D eigenvalue weighted by molar-refractivity contribution is 7.10. The topological polar surface area (TPSA) is 72.9 Å². The third-order valence-corrected chi connectivity index (χ3v) is 4.59. The van der Waals surface area contributed by atoms with Gasteiger partial charge >= 0.3 is 5.97 Å². The summed E-state index contributed by atoms with van der Waals surface area (Å²) >= 11 is 1.63. The molecular weight excluding hydrogens is 290 g/mol. The summed E-state index contributed by atoms with van der Waals surface area (Å²) in [7, 11) is 0. The summed E-state index contributed by atoms with van der Waals surface area (Å²) in [6.07, 6.45) is 0. The number of rotatable bonds is 6. The van der Waals surface area contributed by atoms with Crippen LogP contribution in [0.5, 0.6) is 0 Å². The summed E-state index contributed by atoms with van der Waals surface area (Å²) in [6.45, 7) is 5.28. The third-order valence-electron chi connectivity index (χ3n) is 3.54. The monoisotopic (exact) mass is 311 g/mol. The predicted octanol–water partition coefficient (Wildman–Crippen LogP) is 0.628. The molecule has 1 fully saturated rings. The molecule has 0 aliphatic carbocycles. The maximum absolute atomic E-state index is 12.0. The second-order valence-electron chi connectivity index (χ2n) is 5.25. The van der Waals surface area contributed by atoms with Gasteiger partial charge in [-0.05, 0) is 18.4 Å². The highest BCUT2D eigenvalue weighted by Crippen LogP contribution is 2.17. The Labute approximate surface area is 128 Å². The lowest BCUT2D eigenvalue weighted by Gasteiger charge is -2.33. The molecule has 6 nitrogen and oxygen atoms in total. The Hall–Kier alpha value is -1.44. The number of aliphatic carboxylic acids is 1. The largest absolute Gasteiger partial charge is 0.480 e. The van der Waals surface area contributed by atoms with Gasteiger partial charge in [-0.2, -0.15) is 0 Å². The van der Waals surface area contributed by atoms with E-state index < -0.39 is 5.97 Å². The number of amides is 1. The van der Waals surface area contributed by atoms with Crippen LogP contribution in [0.4, 0.5) is 0 Å². The van der Waals surface area contributed by atoms with Crippen molar-refractivity contribution in [1.82, 2.24) is 15.1 Å². The first-order valence-electron chi connectivity index (χ1n) is 7.04. The van der Waals surface area contributed by atoms with Crippen LogP contribution in [-0.2, 0) is 9.59 Å². The van der Waals surface area contributed by atoms with Crippen molar-refractivity contribution in [2.45, 2.75) is 13.0 Å². The smallest absolute Gasteiger partial charge is 0.317 e. The van der Waals surface area contributed by atoms with Gasteiger partial charge in [0, 0.05) is 31.1 Å². The van der Waals surface area contributed by atoms with E-state index in [1.807, 2.05) is 29.3 Å². The molecule has 7 heteroatoms. The molecule has 1 aromatic heterocycles. The van der Waals surface area contributed by atoms with E-state index in [1.54, 1.807) is 11.3 Å². The number of nitrogens with one attached hydrogen (secondary N) is 1. The van der Waals surface area contributed by atoms with Crippen LogP contribution in [0.15, 0.2) is 17.5 Å². The van der Waals surface area contributed by atoms with E-state index in [0.717, 1.165) is 18.0 Å². The Morgan fingerprint density at radius 1 is 1.29 bits per heavy atom. The molecule has 21 heavy (non-hydrogen) atoms. The third kappa shape index (κ3) is 5.11. The van der Waals surface area contributed by atoms with Gasteiger partial charge in [-0.1, -0.05) is 6.07 Å². The molecular formula is C14H21N3O3S. The first-order valence-corrected chi connectivity index (χ1v) is 7.92. The van der Waals surface area contributed by atoms with E-state index in [2.05, 4.69) is 10.2 Å². The van der Waals surface area contributed by atoms with E-state index >= 15 is 0 Å². The Balaban J connectivity index is 1.71. The molecule has 1 aliphatic heterocycles. The van der Waals surface area contributed by atoms with E-state index in [4.69, 9.17) is 5.11 Å². The average molecular weight is 311 g/mol. The molecule has 1 aliphatic rings. The zero-order valence-electron chi connectivity index (χ0n) is 12.1. The summed E-state index contributed by atoms with van der Waals surface area (Å²) in [6, 6.07) is 4.02. The molecule has 0 spiro atoms. The van der Waals surface area contributed by atoms with Crippen molar-refractivity contribution in [3.05, 3.63) is 22.4 Å². The molecule has 0 bridgehead atoms. The summed E-state index contributed by atoms with van der Waals surface area (Å²) in [5.41, 5.74) is 0. The zero-order valence-corrected chi connectivity index (χ0v) is 12.9. The first-order chi connectivity index (χ1) is 10.0. The second kappa shape index (κ2) is 7.53. The van der Waals surface area contributed by atoms with Crippen LogP contribution in [0.1, 0.15) is 17.8 Å². The average Bonchev–Trinajstić information content (AvgIpc) is 2.94. The summed E-state index contributed by atoms with van der Waals surface area (Å²) in [5.74, 6) is -0.784. The lowest BCUT2D eigenvalue weighted by atomic mass is 10.2. The minimum Gasteiger partial charge on any atom is -0.480 e. The van der Waals surface area contributed by atoms with Gasteiger partial charge < -0.3 is 10.4 Å². The highest BCUT2D eigenvalue weighted by Gasteiger charge is 2.21. The number of piperazine rings is 1. The van der Waals surface area contributed by atoms with Crippen LogP contribution in [0, 0.1) is 0 Å². The van der Waals surface area contributed by atoms with Gasteiger partial charge in [0.15, 0.2) is 0 Å². The number of hydrogen-bond donors (Lipinski definition) is 2. The molecule has 2 heterocycles. The van der Waals surface area contributed by atoms with Crippen LogP contribution in [0.2, 0.25) is 0 Å². The van der Waals surface area contributed by atoms with E-state index in [-0.39, 0.29) is 18.5 Å². The van der Waals surface area contributed by atoms with Crippen LogP contribution >= 0.6 is 11.3 Å². The molecule has 0 aromatic carbocycles. The first kappa shape index (κ1) is 15.9. The standard InChI is InChI=1S/C14H21N3O3S/c1-11(12-3-2-8-21-12)15-13(18)9-16-4-6-17(7-5-16)10-14(19)20/h2-3,8,11H,4-7,9-10H2,1H3,(H,15,18)(H,19,20). The molecule has 1 amide bonds. The molecule has 1 unspecified atom stereocenters. The number of carbonyl (C=O) groups excluding carboxylic acids is 1. The Morgan fingerprint density at radius 2 is 1.90 bits per heavy atom. The quantitative estimate of drug-likeness (QED) is 0.806. The lowest BCUT2D eigenvalue weighted by Crippen LogP contribution is -2.50.